The van der Waals surface area contributed by atoms with E-state index >= 15 is 0 Å². The van der Waals surface area contributed by atoms with Gasteiger partial charge in [-0.15, -0.1) is 28.2 Å². The quantitative estimate of drug-likeness (QED) is 0.556. The maximum absolute atomic E-state index is 12.3. The SMILES string of the molecule is CCCN1CCC[C@@H]1c1ccc(C(=O)NCCSc2cn[nH]n2)s1. The first-order chi connectivity index (χ1) is 11.8. The molecule has 0 radical (unpaired) electrons. The van der Waals surface area contributed by atoms with Gasteiger partial charge in [0.05, 0.1) is 11.1 Å². The van der Waals surface area contributed by atoms with Crippen LogP contribution in [0.4, 0.5) is 0 Å². The van der Waals surface area contributed by atoms with Crippen LogP contribution in [0, 0.1) is 0 Å². The standard InChI is InChI=1S/C16H23N5OS2/c1-2-8-21-9-3-4-12(21)13-5-6-14(24-13)16(22)17-7-10-23-15-11-18-20-19-15/h5-6,11-12H,2-4,7-10H2,1H3,(H,17,22)(H,18,19,20)/t12-/m1/s1. The molecule has 1 atom stereocenters. The first kappa shape index (κ1) is 17.4. The molecule has 6 nitrogen and oxygen atoms in total. The molecule has 1 fully saturated rings. The van der Waals surface area contributed by atoms with Gasteiger partial charge in [0, 0.05) is 23.2 Å². The van der Waals surface area contributed by atoms with Gasteiger partial charge >= 0.3 is 0 Å². The fourth-order valence-electron chi connectivity index (χ4n) is 3.03. The Bertz CT molecular complexity index is 643. The summed E-state index contributed by atoms with van der Waals surface area (Å²) in [5, 5.41) is 14.1. The Morgan fingerprint density at radius 3 is 3.25 bits per heavy atom. The van der Waals surface area contributed by atoms with Crippen molar-refractivity contribution in [3.8, 4) is 0 Å². The van der Waals surface area contributed by atoms with Crippen LogP contribution in [-0.4, -0.2) is 51.6 Å². The predicted octanol–water partition coefficient (Wildman–Crippen LogP) is 2.94. The van der Waals surface area contributed by atoms with Crippen LogP contribution in [0.1, 0.15) is 46.8 Å². The number of nitrogens with one attached hydrogen (secondary N) is 2. The number of thiophene rings is 1. The summed E-state index contributed by atoms with van der Waals surface area (Å²) in [7, 11) is 0. The number of H-pyrrole nitrogens is 1. The van der Waals surface area contributed by atoms with Gasteiger partial charge in [-0.2, -0.15) is 10.3 Å². The van der Waals surface area contributed by atoms with E-state index in [4.69, 9.17) is 0 Å². The number of hydrogen-bond acceptors (Lipinski definition) is 6. The Morgan fingerprint density at radius 1 is 1.54 bits per heavy atom. The lowest BCUT2D eigenvalue weighted by molar-refractivity contribution is 0.0960. The molecule has 2 N–H and O–H groups in total. The van der Waals surface area contributed by atoms with Gasteiger partial charge in [0.1, 0.15) is 5.03 Å². The van der Waals surface area contributed by atoms with Crippen molar-refractivity contribution in [3.63, 3.8) is 0 Å². The van der Waals surface area contributed by atoms with Crippen molar-refractivity contribution in [3.05, 3.63) is 28.1 Å². The molecule has 2 aromatic heterocycles. The molecule has 130 valence electrons. The zero-order valence-corrected chi connectivity index (χ0v) is 15.5. The van der Waals surface area contributed by atoms with Crippen LogP contribution in [0.15, 0.2) is 23.4 Å². The molecule has 0 spiro atoms. The second-order valence-electron chi connectivity index (χ2n) is 5.81. The number of carbonyl (C=O) groups excluding carboxylic acids is 1. The van der Waals surface area contributed by atoms with Crippen molar-refractivity contribution in [2.45, 2.75) is 37.3 Å². The molecule has 1 aliphatic rings. The molecule has 1 saturated heterocycles. The van der Waals surface area contributed by atoms with Crippen molar-refractivity contribution in [2.75, 3.05) is 25.4 Å². The van der Waals surface area contributed by atoms with Crippen molar-refractivity contribution in [2.24, 2.45) is 0 Å². The number of aromatic amines is 1. The highest BCUT2D eigenvalue weighted by Crippen LogP contribution is 2.35. The number of hydrogen-bond donors (Lipinski definition) is 2. The molecule has 3 heterocycles. The van der Waals surface area contributed by atoms with E-state index in [2.05, 4.69) is 38.6 Å². The molecule has 8 heteroatoms. The maximum Gasteiger partial charge on any atom is 0.261 e. The highest BCUT2D eigenvalue weighted by molar-refractivity contribution is 7.99. The zero-order chi connectivity index (χ0) is 16.8. The molecule has 0 saturated carbocycles. The lowest BCUT2D eigenvalue weighted by Crippen LogP contribution is -2.25. The predicted molar refractivity (Wildman–Crippen MR) is 97.6 cm³/mol. The van der Waals surface area contributed by atoms with Crippen LogP contribution in [0.3, 0.4) is 0 Å². The van der Waals surface area contributed by atoms with Crippen LogP contribution in [-0.2, 0) is 0 Å². The first-order valence-corrected chi connectivity index (χ1v) is 10.2. The Labute approximate surface area is 150 Å². The number of thioether (sulfide) groups is 1. The van der Waals surface area contributed by atoms with Gasteiger partial charge in [-0.25, -0.2) is 0 Å². The Balaban J connectivity index is 1.48. The van der Waals surface area contributed by atoms with Gasteiger partial charge in [0.2, 0.25) is 0 Å². The number of amides is 1. The third-order valence-electron chi connectivity index (χ3n) is 4.08. The van der Waals surface area contributed by atoms with E-state index in [1.165, 1.54) is 30.7 Å². The van der Waals surface area contributed by atoms with Gasteiger partial charge in [-0.05, 0) is 44.5 Å². The second-order valence-corrected chi connectivity index (χ2v) is 8.04. The lowest BCUT2D eigenvalue weighted by Gasteiger charge is -2.22. The van der Waals surface area contributed by atoms with Crippen molar-refractivity contribution < 1.29 is 4.79 Å². The van der Waals surface area contributed by atoms with Crippen LogP contribution in [0.2, 0.25) is 0 Å². The average Bonchev–Trinajstić information content (AvgIpc) is 3.31. The average molecular weight is 366 g/mol. The van der Waals surface area contributed by atoms with E-state index < -0.39 is 0 Å². The van der Waals surface area contributed by atoms with Crippen LogP contribution in [0.25, 0.3) is 0 Å². The molecule has 3 rings (SSSR count). The van der Waals surface area contributed by atoms with Crippen molar-refractivity contribution in [1.82, 2.24) is 25.6 Å². The number of carbonyl (C=O) groups is 1. The summed E-state index contributed by atoms with van der Waals surface area (Å²) < 4.78 is 0. The van der Waals surface area contributed by atoms with Gasteiger partial charge < -0.3 is 5.32 Å². The van der Waals surface area contributed by atoms with E-state index in [9.17, 15) is 4.79 Å². The number of aromatic nitrogens is 3. The van der Waals surface area contributed by atoms with Crippen molar-refractivity contribution in [1.29, 1.82) is 0 Å². The maximum atomic E-state index is 12.3. The molecule has 0 unspecified atom stereocenters. The zero-order valence-electron chi connectivity index (χ0n) is 13.8. The topological polar surface area (TPSA) is 73.9 Å². The summed E-state index contributed by atoms with van der Waals surface area (Å²) >= 11 is 3.21. The fraction of sp³-hybridized carbons (Fsp3) is 0.562. The van der Waals surface area contributed by atoms with E-state index in [1.54, 1.807) is 29.3 Å². The minimum Gasteiger partial charge on any atom is -0.350 e. The Hall–Kier alpha value is -1.38. The molecule has 2 aromatic rings. The van der Waals surface area contributed by atoms with E-state index in [-0.39, 0.29) is 5.91 Å². The largest absolute Gasteiger partial charge is 0.350 e. The van der Waals surface area contributed by atoms with Gasteiger partial charge in [0.25, 0.3) is 5.91 Å². The molecule has 1 amide bonds. The molecular weight excluding hydrogens is 342 g/mol. The van der Waals surface area contributed by atoms with Crippen LogP contribution in [0.5, 0.6) is 0 Å². The number of nitrogens with zero attached hydrogens (tertiary/aromatic N) is 3. The van der Waals surface area contributed by atoms with E-state index in [0.717, 1.165) is 22.2 Å². The number of likely N-dealkylation sites (tertiary alicyclic amines) is 1. The number of rotatable bonds is 8. The Kier molecular flexibility index (Phi) is 6.28. The molecule has 0 aromatic carbocycles. The fourth-order valence-corrected chi connectivity index (χ4v) is 4.76. The minimum absolute atomic E-state index is 0.0204. The third kappa shape index (κ3) is 4.37. The van der Waals surface area contributed by atoms with E-state index in [1.807, 2.05) is 6.07 Å². The van der Waals surface area contributed by atoms with Gasteiger partial charge in [0.15, 0.2) is 0 Å². The monoisotopic (exact) mass is 365 g/mol. The van der Waals surface area contributed by atoms with Crippen LogP contribution >= 0.6 is 23.1 Å². The Morgan fingerprint density at radius 2 is 2.46 bits per heavy atom. The molecule has 0 aliphatic carbocycles. The highest BCUT2D eigenvalue weighted by atomic mass is 32.2. The van der Waals surface area contributed by atoms with Crippen LogP contribution < -0.4 is 5.32 Å². The highest BCUT2D eigenvalue weighted by Gasteiger charge is 2.26. The summed E-state index contributed by atoms with van der Waals surface area (Å²) in [5.41, 5.74) is 0. The third-order valence-corrected chi connectivity index (χ3v) is 6.17. The summed E-state index contributed by atoms with van der Waals surface area (Å²) in [6, 6.07) is 4.59. The summed E-state index contributed by atoms with van der Waals surface area (Å²) in [6.45, 7) is 5.16. The molecule has 24 heavy (non-hydrogen) atoms. The minimum atomic E-state index is 0.0204. The lowest BCUT2D eigenvalue weighted by atomic mass is 10.2. The van der Waals surface area contributed by atoms with E-state index in [0.29, 0.717) is 12.6 Å². The first-order valence-electron chi connectivity index (χ1n) is 8.38. The molecular formula is C16H23N5OS2. The summed E-state index contributed by atoms with van der Waals surface area (Å²) in [5.74, 6) is 0.802. The normalized spacial score (nSPS) is 18.1. The smallest absolute Gasteiger partial charge is 0.261 e. The molecule has 0 bridgehead atoms. The van der Waals surface area contributed by atoms with Gasteiger partial charge in [-0.1, -0.05) is 6.92 Å². The van der Waals surface area contributed by atoms with Gasteiger partial charge in [-0.3, -0.25) is 9.69 Å². The second kappa shape index (κ2) is 8.64. The summed E-state index contributed by atoms with van der Waals surface area (Å²) in [6.07, 6.45) is 5.32. The van der Waals surface area contributed by atoms with Crippen molar-refractivity contribution >= 4 is 29.0 Å². The molecule has 1 aliphatic heterocycles. The summed E-state index contributed by atoms with van der Waals surface area (Å²) in [4.78, 5) is 17.0.